The van der Waals surface area contributed by atoms with E-state index in [1.165, 1.54) is 56.9 Å². The van der Waals surface area contributed by atoms with E-state index in [1.54, 1.807) is 0 Å². The van der Waals surface area contributed by atoms with Crippen LogP contribution in [0.2, 0.25) is 0 Å². The lowest BCUT2D eigenvalue weighted by Gasteiger charge is -2.58. The first-order valence-corrected chi connectivity index (χ1v) is 20.0. The fourth-order valence-corrected chi connectivity index (χ4v) is 10.7. The number of carbonyl (C=O) groups excluding carboxylic acids is 2. The lowest BCUT2D eigenvalue weighted by atomic mass is 9.47. The molecule has 0 aliphatic heterocycles. The highest BCUT2D eigenvalue weighted by Gasteiger charge is 2.59. The number of rotatable bonds is 18. The van der Waals surface area contributed by atoms with E-state index in [1.807, 2.05) is 0 Å². The van der Waals surface area contributed by atoms with Crippen molar-refractivity contribution in [3.05, 3.63) is 11.6 Å². The molecule has 288 valence electrons. The smallest absolute Gasteiger partial charge is 0.407 e. The van der Waals surface area contributed by atoms with Gasteiger partial charge in [-0.3, -0.25) is 4.79 Å². The number of allylic oxidation sites excluding steroid dienone is 1. The van der Waals surface area contributed by atoms with Gasteiger partial charge in [0.25, 0.3) is 5.91 Å². The highest BCUT2D eigenvalue weighted by Crippen LogP contribution is 2.67. The summed E-state index contributed by atoms with van der Waals surface area (Å²) in [5.74, 6) is 4.00. The summed E-state index contributed by atoms with van der Waals surface area (Å²) in [4.78, 5) is 24.7. The first kappa shape index (κ1) is 41.0. The van der Waals surface area contributed by atoms with Gasteiger partial charge in [-0.25, -0.2) is 4.79 Å². The highest BCUT2D eigenvalue weighted by molar-refractivity contribution is 5.81. The van der Waals surface area contributed by atoms with Gasteiger partial charge in [-0.1, -0.05) is 78.4 Å². The Hall–Kier alpha value is -1.72. The number of nitrogens with one attached hydrogen (secondary N) is 2. The lowest BCUT2D eigenvalue weighted by Crippen LogP contribution is -2.51. The van der Waals surface area contributed by atoms with Crippen molar-refractivity contribution >= 4 is 12.0 Å². The maximum atomic E-state index is 12.7. The molecule has 1 unspecified atom stereocenters. The third-order valence-corrected chi connectivity index (χ3v) is 13.7. The van der Waals surface area contributed by atoms with Crippen LogP contribution in [0.15, 0.2) is 11.6 Å². The van der Waals surface area contributed by atoms with Crippen molar-refractivity contribution in [3.8, 4) is 0 Å². The molecule has 0 spiro atoms. The maximum Gasteiger partial charge on any atom is 0.407 e. The monoisotopic (exact) mass is 707 g/mol. The number of amides is 2. The van der Waals surface area contributed by atoms with E-state index in [4.69, 9.17) is 9.84 Å². The molecule has 10 heteroatoms. The van der Waals surface area contributed by atoms with Crippen molar-refractivity contribution in [2.24, 2.45) is 46.3 Å². The van der Waals surface area contributed by atoms with Crippen LogP contribution < -0.4 is 10.6 Å². The quantitative estimate of drug-likeness (QED) is 0.0751. The molecule has 0 radical (unpaired) electrons. The molecular formula is C40H70N2O8. The van der Waals surface area contributed by atoms with Gasteiger partial charge >= 0.3 is 6.09 Å². The van der Waals surface area contributed by atoms with Crippen LogP contribution in [0.5, 0.6) is 0 Å². The SMILES string of the molecule is CC(C)CCC[C@@H](C)[C@H]1CC[C@H]2[C@@H]3CC=C4CC(OC(=O)NCCCCCCNC(=O)[C@@H](O)[C@H](O)[C@H](O)[C@@H](O)CO)CC[C@]4(C)[C@H]3CC[C@]12C. The Morgan fingerprint density at radius 1 is 0.860 bits per heavy atom. The van der Waals surface area contributed by atoms with Crippen molar-refractivity contribution < 1.29 is 39.9 Å². The zero-order valence-electron chi connectivity index (χ0n) is 31.6. The minimum atomic E-state index is -1.92. The zero-order chi connectivity index (χ0) is 36.6. The normalized spacial score (nSPS) is 33.6. The van der Waals surface area contributed by atoms with E-state index < -0.39 is 36.9 Å². The van der Waals surface area contributed by atoms with Crippen LogP contribution in [-0.2, 0) is 9.53 Å². The fourth-order valence-electron chi connectivity index (χ4n) is 10.7. The summed E-state index contributed by atoms with van der Waals surface area (Å²) >= 11 is 0. The average Bonchev–Trinajstić information content (AvgIpc) is 3.45. The molecule has 10 nitrogen and oxygen atoms in total. The van der Waals surface area contributed by atoms with Gasteiger partial charge < -0.3 is 40.9 Å². The van der Waals surface area contributed by atoms with Crippen molar-refractivity contribution in [1.29, 1.82) is 0 Å². The summed E-state index contributed by atoms with van der Waals surface area (Å²) in [6, 6.07) is 0. The van der Waals surface area contributed by atoms with Crippen LogP contribution in [0.4, 0.5) is 4.79 Å². The van der Waals surface area contributed by atoms with Crippen LogP contribution in [0.25, 0.3) is 0 Å². The van der Waals surface area contributed by atoms with Crippen LogP contribution in [0.3, 0.4) is 0 Å². The molecule has 4 rings (SSSR count). The van der Waals surface area contributed by atoms with Gasteiger partial charge in [0.05, 0.1) is 6.61 Å². The molecule has 2 amide bonds. The third-order valence-electron chi connectivity index (χ3n) is 13.7. The molecule has 4 aliphatic carbocycles. The summed E-state index contributed by atoms with van der Waals surface area (Å²) in [7, 11) is 0. The number of ether oxygens (including phenoxy) is 1. The van der Waals surface area contributed by atoms with Crippen molar-refractivity contribution in [3.63, 3.8) is 0 Å². The Morgan fingerprint density at radius 3 is 2.24 bits per heavy atom. The Morgan fingerprint density at radius 2 is 1.56 bits per heavy atom. The molecule has 0 heterocycles. The first-order valence-electron chi connectivity index (χ1n) is 20.0. The number of unbranched alkanes of at least 4 members (excludes halogenated alkanes) is 3. The number of hydrogen-bond acceptors (Lipinski definition) is 8. The molecule has 0 bridgehead atoms. The molecule has 0 aromatic heterocycles. The van der Waals surface area contributed by atoms with Crippen LogP contribution >= 0.6 is 0 Å². The molecule has 3 fully saturated rings. The van der Waals surface area contributed by atoms with E-state index >= 15 is 0 Å². The first-order chi connectivity index (χ1) is 23.7. The molecule has 50 heavy (non-hydrogen) atoms. The van der Waals surface area contributed by atoms with E-state index in [0.29, 0.717) is 18.4 Å². The molecular weight excluding hydrogens is 636 g/mol. The molecule has 3 saturated carbocycles. The fraction of sp³-hybridized carbons (Fsp3) is 0.900. The van der Waals surface area contributed by atoms with E-state index in [0.717, 1.165) is 74.0 Å². The molecule has 0 saturated heterocycles. The summed E-state index contributed by atoms with van der Waals surface area (Å²) < 4.78 is 5.92. The van der Waals surface area contributed by atoms with Gasteiger partial charge in [0.1, 0.15) is 24.4 Å². The van der Waals surface area contributed by atoms with Gasteiger partial charge in [0.2, 0.25) is 0 Å². The van der Waals surface area contributed by atoms with Gasteiger partial charge in [0.15, 0.2) is 6.10 Å². The molecule has 0 aromatic carbocycles. The minimum Gasteiger partial charge on any atom is -0.446 e. The minimum absolute atomic E-state index is 0.0761. The molecule has 12 atom stereocenters. The molecule has 0 aromatic rings. The zero-order valence-corrected chi connectivity index (χ0v) is 31.6. The number of aliphatic hydroxyl groups excluding tert-OH is 5. The summed E-state index contributed by atoms with van der Waals surface area (Å²) in [5.41, 5.74) is 2.24. The Bertz CT molecular complexity index is 1130. The van der Waals surface area contributed by atoms with Gasteiger partial charge in [-0.05, 0) is 104 Å². The Labute approximate surface area is 301 Å². The second kappa shape index (κ2) is 18.4. The van der Waals surface area contributed by atoms with E-state index in [-0.39, 0.29) is 24.2 Å². The van der Waals surface area contributed by atoms with Gasteiger partial charge in [0, 0.05) is 19.5 Å². The van der Waals surface area contributed by atoms with Crippen molar-refractivity contribution in [1.82, 2.24) is 10.6 Å². The topological polar surface area (TPSA) is 169 Å². The summed E-state index contributed by atoms with van der Waals surface area (Å²) in [6.45, 7) is 12.4. The average molecular weight is 707 g/mol. The van der Waals surface area contributed by atoms with Gasteiger partial charge in [-0.2, -0.15) is 0 Å². The van der Waals surface area contributed by atoms with Crippen LogP contribution in [-0.4, -0.2) is 87.7 Å². The summed E-state index contributed by atoms with van der Waals surface area (Å²) in [6.07, 6.45) is 11.5. The largest absolute Gasteiger partial charge is 0.446 e. The Kier molecular flexibility index (Phi) is 15.1. The lowest BCUT2D eigenvalue weighted by molar-refractivity contribution is -0.148. The van der Waals surface area contributed by atoms with Crippen molar-refractivity contribution in [2.45, 2.75) is 161 Å². The Balaban J connectivity index is 1.14. The standard InChI is InChI=1S/C40H70N2O8/c1-25(2)11-10-12-26(3)30-15-16-31-29-14-13-27-23-28(17-19-39(27,4)32(29)18-20-40(30,31)5)50-38(49)42-22-9-7-6-8-21-41-37(48)36(47)35(46)34(45)33(44)24-43/h13,25-26,28-36,43-47H,6-12,14-24H2,1-5H3,(H,41,48)(H,42,49)/t26-,28?,29+,30-,31+,32+,33+,34-,35-,36+,39+,40-/m1/s1. The number of aliphatic hydroxyl groups is 5. The number of fused-ring (bicyclic) bond motifs is 5. The second-order valence-electron chi connectivity index (χ2n) is 17.4. The maximum absolute atomic E-state index is 12.7. The van der Waals surface area contributed by atoms with Crippen molar-refractivity contribution in [2.75, 3.05) is 19.7 Å². The molecule has 7 N–H and O–H groups in total. The van der Waals surface area contributed by atoms with Crippen LogP contribution in [0.1, 0.15) is 131 Å². The summed E-state index contributed by atoms with van der Waals surface area (Å²) in [5, 5.41) is 53.0. The van der Waals surface area contributed by atoms with Gasteiger partial charge in [-0.15, -0.1) is 0 Å². The number of carbonyl (C=O) groups is 2. The number of alkyl carbamates (subject to hydrolysis) is 1. The number of hydrogen-bond donors (Lipinski definition) is 7. The van der Waals surface area contributed by atoms with Crippen LogP contribution in [0, 0.1) is 46.3 Å². The van der Waals surface area contributed by atoms with E-state index in [9.17, 15) is 30.0 Å². The molecule has 4 aliphatic rings. The third kappa shape index (κ3) is 9.63. The predicted octanol–water partition coefficient (Wildman–Crippen LogP) is 5.24. The van der Waals surface area contributed by atoms with E-state index in [2.05, 4.69) is 51.3 Å². The second-order valence-corrected chi connectivity index (χ2v) is 17.4. The predicted molar refractivity (Wildman–Crippen MR) is 194 cm³/mol. The highest BCUT2D eigenvalue weighted by atomic mass is 16.6.